The van der Waals surface area contributed by atoms with E-state index in [-0.39, 0.29) is 5.91 Å². The fourth-order valence-electron chi connectivity index (χ4n) is 5.00. The van der Waals surface area contributed by atoms with E-state index in [0.717, 1.165) is 72.7 Å². The highest BCUT2D eigenvalue weighted by atomic mass is 16.5. The number of fused-ring (bicyclic) bond motifs is 1. The number of nitrogen functional groups attached to an aromatic ring is 1. The van der Waals surface area contributed by atoms with E-state index in [1.807, 2.05) is 36.2 Å². The molecule has 0 spiro atoms. The minimum atomic E-state index is -0.0601. The second kappa shape index (κ2) is 11.8. The summed E-state index contributed by atoms with van der Waals surface area (Å²) in [4.78, 5) is 15.5. The summed E-state index contributed by atoms with van der Waals surface area (Å²) in [5, 5.41) is 6.58. The van der Waals surface area contributed by atoms with Gasteiger partial charge in [-0.1, -0.05) is 26.5 Å². The van der Waals surface area contributed by atoms with Gasteiger partial charge in [0.2, 0.25) is 0 Å². The molecule has 1 saturated heterocycles. The Morgan fingerprint density at radius 2 is 1.92 bits per heavy atom. The van der Waals surface area contributed by atoms with Crippen LogP contribution in [0.25, 0.3) is 5.57 Å². The first-order chi connectivity index (χ1) is 17.4. The Balaban J connectivity index is 1.46. The molecule has 0 unspecified atom stereocenters. The summed E-state index contributed by atoms with van der Waals surface area (Å²) < 4.78 is 11.4. The maximum absolute atomic E-state index is 13.6. The van der Waals surface area contributed by atoms with Gasteiger partial charge in [0.25, 0.3) is 5.91 Å². The van der Waals surface area contributed by atoms with Crippen LogP contribution >= 0.6 is 0 Å². The lowest BCUT2D eigenvalue weighted by molar-refractivity contribution is 0.0679. The molecule has 4 N–H and O–H groups in total. The minimum Gasteiger partial charge on any atom is -0.492 e. The van der Waals surface area contributed by atoms with Crippen molar-refractivity contribution in [2.24, 2.45) is 5.92 Å². The number of carbonyl (C=O) groups excluding carboxylic acids is 1. The van der Waals surface area contributed by atoms with Gasteiger partial charge in [-0.2, -0.15) is 0 Å². The molecule has 2 heterocycles. The zero-order valence-corrected chi connectivity index (χ0v) is 21.9. The van der Waals surface area contributed by atoms with Crippen LogP contribution in [-0.4, -0.2) is 50.3 Å². The lowest BCUT2D eigenvalue weighted by Crippen LogP contribution is -2.27. The van der Waals surface area contributed by atoms with Gasteiger partial charge in [0.05, 0.1) is 5.56 Å². The van der Waals surface area contributed by atoms with Crippen molar-refractivity contribution in [2.75, 3.05) is 44.5 Å². The van der Waals surface area contributed by atoms with Crippen LogP contribution in [0.2, 0.25) is 0 Å². The van der Waals surface area contributed by atoms with Crippen LogP contribution in [0, 0.1) is 5.92 Å². The zero-order valence-electron chi connectivity index (χ0n) is 21.9. The molecule has 7 heteroatoms. The lowest BCUT2D eigenvalue weighted by Gasteiger charge is -2.24. The third kappa shape index (κ3) is 6.20. The fraction of sp³-hybridized carbons (Fsp3) is 0.483. The number of hydrogen-bond acceptors (Lipinski definition) is 6. The molecule has 0 atom stereocenters. The summed E-state index contributed by atoms with van der Waals surface area (Å²) in [6.07, 6.45) is 2.97. The molecular formula is C29H40N4O3. The highest BCUT2D eigenvalue weighted by molar-refractivity contribution is 6.01. The highest BCUT2D eigenvalue weighted by Gasteiger charge is 2.27. The third-order valence-corrected chi connectivity index (χ3v) is 7.06. The van der Waals surface area contributed by atoms with Crippen molar-refractivity contribution in [1.29, 1.82) is 0 Å². The SMILES string of the molecule is C=C(CC1CCOCC1)c1cc(C(=O)N2Cc3ccc(OCCNC(C)C)cc3C2)c(N)cc1NC. The third-order valence-electron chi connectivity index (χ3n) is 7.06. The Morgan fingerprint density at radius 3 is 2.64 bits per heavy atom. The molecule has 0 saturated carbocycles. The van der Waals surface area contributed by atoms with E-state index in [4.69, 9.17) is 15.2 Å². The Hall–Kier alpha value is -3.03. The van der Waals surface area contributed by atoms with Crippen molar-refractivity contribution in [1.82, 2.24) is 10.2 Å². The number of rotatable bonds is 10. The molecule has 1 fully saturated rings. The molecule has 0 aromatic heterocycles. The van der Waals surface area contributed by atoms with E-state index in [1.165, 1.54) is 0 Å². The van der Waals surface area contributed by atoms with E-state index in [0.29, 0.717) is 42.9 Å². The van der Waals surface area contributed by atoms with Gasteiger partial charge in [-0.3, -0.25) is 4.79 Å². The van der Waals surface area contributed by atoms with Crippen molar-refractivity contribution in [3.05, 3.63) is 59.2 Å². The normalized spacial score (nSPS) is 15.7. The summed E-state index contributed by atoms with van der Waals surface area (Å²) in [6.45, 7) is 12.7. The van der Waals surface area contributed by atoms with Gasteiger partial charge >= 0.3 is 0 Å². The van der Waals surface area contributed by atoms with Crippen LogP contribution in [0.3, 0.4) is 0 Å². The maximum Gasteiger partial charge on any atom is 0.256 e. The number of nitrogens with two attached hydrogens (primary N) is 1. The molecule has 0 bridgehead atoms. The fourth-order valence-corrected chi connectivity index (χ4v) is 5.00. The molecule has 2 aromatic carbocycles. The molecule has 1 amide bonds. The number of nitrogens with one attached hydrogen (secondary N) is 2. The van der Waals surface area contributed by atoms with Crippen molar-refractivity contribution in [2.45, 2.75) is 52.2 Å². The Morgan fingerprint density at radius 1 is 1.17 bits per heavy atom. The molecule has 2 aliphatic rings. The van der Waals surface area contributed by atoms with Gasteiger partial charge < -0.3 is 30.7 Å². The van der Waals surface area contributed by atoms with E-state index in [1.54, 1.807) is 0 Å². The second-order valence-corrected chi connectivity index (χ2v) is 10.1. The van der Waals surface area contributed by atoms with Gasteiger partial charge in [-0.05, 0) is 66.1 Å². The standard InChI is InChI=1S/C29H40N4O3/c1-19(2)32-9-12-36-24-6-5-22-17-33(18-23(22)14-24)29(34)26-15-25(28(31-4)16-27(26)30)20(3)13-21-7-10-35-11-8-21/h5-6,14-16,19,21,31-32H,3,7-13,17-18,30H2,1-2,4H3. The predicted octanol–water partition coefficient (Wildman–Crippen LogP) is 4.67. The number of allylic oxidation sites excluding steroid dienone is 1. The molecule has 7 nitrogen and oxygen atoms in total. The highest BCUT2D eigenvalue weighted by Crippen LogP contribution is 2.35. The van der Waals surface area contributed by atoms with Crippen molar-refractivity contribution in [3.63, 3.8) is 0 Å². The average molecular weight is 493 g/mol. The summed E-state index contributed by atoms with van der Waals surface area (Å²) in [5.41, 5.74) is 12.5. The van der Waals surface area contributed by atoms with E-state index >= 15 is 0 Å². The number of amides is 1. The predicted molar refractivity (Wildman–Crippen MR) is 146 cm³/mol. The number of ether oxygens (including phenoxy) is 2. The Kier molecular flexibility index (Phi) is 8.54. The van der Waals surface area contributed by atoms with Gasteiger partial charge in [0, 0.05) is 62.9 Å². The van der Waals surface area contributed by atoms with Crippen LogP contribution < -0.4 is 21.1 Å². The molecule has 36 heavy (non-hydrogen) atoms. The van der Waals surface area contributed by atoms with Crippen molar-refractivity contribution >= 4 is 22.9 Å². The van der Waals surface area contributed by atoms with E-state index in [2.05, 4.69) is 37.1 Å². The zero-order chi connectivity index (χ0) is 25.7. The van der Waals surface area contributed by atoms with Gasteiger partial charge in [-0.25, -0.2) is 0 Å². The molecule has 194 valence electrons. The van der Waals surface area contributed by atoms with Gasteiger partial charge in [0.1, 0.15) is 12.4 Å². The first-order valence-corrected chi connectivity index (χ1v) is 13.0. The quantitative estimate of drug-likeness (QED) is 0.330. The molecule has 0 aliphatic carbocycles. The largest absolute Gasteiger partial charge is 0.492 e. The number of nitrogens with zero attached hydrogens (tertiary/aromatic N) is 1. The van der Waals surface area contributed by atoms with Gasteiger partial charge in [-0.15, -0.1) is 0 Å². The Bertz CT molecular complexity index is 1090. The first-order valence-electron chi connectivity index (χ1n) is 13.0. The summed E-state index contributed by atoms with van der Waals surface area (Å²) >= 11 is 0. The number of benzene rings is 2. The van der Waals surface area contributed by atoms with Crippen molar-refractivity contribution < 1.29 is 14.3 Å². The maximum atomic E-state index is 13.6. The molecule has 4 rings (SSSR count). The van der Waals surface area contributed by atoms with Crippen molar-refractivity contribution in [3.8, 4) is 5.75 Å². The first kappa shape index (κ1) is 26.0. The second-order valence-electron chi connectivity index (χ2n) is 10.1. The summed E-state index contributed by atoms with van der Waals surface area (Å²) in [7, 11) is 1.87. The molecule has 2 aliphatic heterocycles. The van der Waals surface area contributed by atoms with Crippen LogP contribution in [-0.2, 0) is 17.8 Å². The topological polar surface area (TPSA) is 88.8 Å². The van der Waals surface area contributed by atoms with Crippen LogP contribution in [0.4, 0.5) is 11.4 Å². The minimum absolute atomic E-state index is 0.0601. The smallest absolute Gasteiger partial charge is 0.256 e. The van der Waals surface area contributed by atoms with Gasteiger partial charge in [0.15, 0.2) is 0 Å². The summed E-state index contributed by atoms with van der Waals surface area (Å²) in [6, 6.07) is 10.3. The molecule has 0 radical (unpaired) electrons. The average Bonchev–Trinajstić information content (AvgIpc) is 3.30. The number of anilines is 2. The van der Waals surface area contributed by atoms with Crippen LogP contribution in [0.5, 0.6) is 5.75 Å². The van der Waals surface area contributed by atoms with E-state index < -0.39 is 0 Å². The van der Waals surface area contributed by atoms with Crippen LogP contribution in [0.1, 0.15) is 60.2 Å². The summed E-state index contributed by atoms with van der Waals surface area (Å²) in [5.74, 6) is 1.33. The number of hydrogen-bond donors (Lipinski definition) is 3. The monoisotopic (exact) mass is 492 g/mol. The van der Waals surface area contributed by atoms with E-state index in [9.17, 15) is 4.79 Å². The lowest BCUT2D eigenvalue weighted by atomic mass is 9.88. The Labute approximate surface area is 215 Å². The molecular weight excluding hydrogens is 452 g/mol. The molecule has 2 aromatic rings. The number of carbonyl (C=O) groups is 1. The van der Waals surface area contributed by atoms with Crippen LogP contribution in [0.15, 0.2) is 36.9 Å².